The zero-order chi connectivity index (χ0) is 12.4. The van der Waals surface area contributed by atoms with E-state index in [0.717, 1.165) is 0 Å². The maximum atomic E-state index is 11.7. The van der Waals surface area contributed by atoms with Crippen LogP contribution in [0, 0.1) is 18.3 Å². The van der Waals surface area contributed by atoms with Gasteiger partial charge in [-0.1, -0.05) is 0 Å². The molecule has 0 aromatic heterocycles. The van der Waals surface area contributed by atoms with E-state index in [0.29, 0.717) is 24.4 Å². The predicted molar refractivity (Wildman–Crippen MR) is 64.0 cm³/mol. The molecule has 0 spiro atoms. The Hall–Kier alpha value is -2.15. The second-order valence-electron chi connectivity index (χ2n) is 3.93. The molecule has 1 aliphatic rings. The molecular formula is C13H13NO3. The van der Waals surface area contributed by atoms with E-state index in [1.807, 2.05) is 0 Å². The Morgan fingerprint density at radius 2 is 2.35 bits per heavy atom. The normalized spacial score (nSPS) is 19.2. The second-order valence-corrected chi connectivity index (χ2v) is 3.93. The van der Waals surface area contributed by atoms with Gasteiger partial charge in [0.05, 0.1) is 7.11 Å². The highest BCUT2D eigenvalue weighted by Gasteiger charge is 2.29. The zero-order valence-corrected chi connectivity index (χ0v) is 9.51. The van der Waals surface area contributed by atoms with Gasteiger partial charge in [0.15, 0.2) is 11.5 Å². The fraction of sp³-hybridized carbons (Fsp3) is 0.308. The fourth-order valence-electron chi connectivity index (χ4n) is 1.92. The molecule has 1 fully saturated rings. The Labute approximate surface area is 99.8 Å². The van der Waals surface area contributed by atoms with Crippen molar-refractivity contribution in [3.05, 3.63) is 18.2 Å². The lowest BCUT2D eigenvalue weighted by atomic mass is 10.1. The van der Waals surface area contributed by atoms with Crippen molar-refractivity contribution in [3.63, 3.8) is 0 Å². The largest absolute Gasteiger partial charge is 0.504 e. The number of phenols is 1. The smallest absolute Gasteiger partial charge is 0.228 e. The van der Waals surface area contributed by atoms with Crippen LogP contribution in [0.2, 0.25) is 0 Å². The number of carbonyl (C=O) groups excluding carboxylic acids is 1. The first-order valence-electron chi connectivity index (χ1n) is 5.29. The van der Waals surface area contributed by atoms with Crippen molar-refractivity contribution in [1.29, 1.82) is 0 Å². The first kappa shape index (κ1) is 11.3. The molecule has 2 rings (SSSR count). The van der Waals surface area contributed by atoms with E-state index in [-0.39, 0.29) is 17.6 Å². The van der Waals surface area contributed by atoms with Crippen LogP contribution in [0.3, 0.4) is 0 Å². The molecule has 0 bridgehead atoms. The van der Waals surface area contributed by atoms with Crippen molar-refractivity contribution in [2.75, 3.05) is 18.6 Å². The molecule has 0 saturated carbocycles. The number of anilines is 1. The monoisotopic (exact) mass is 231 g/mol. The Morgan fingerprint density at radius 3 is 2.88 bits per heavy atom. The van der Waals surface area contributed by atoms with Crippen molar-refractivity contribution in [3.8, 4) is 23.8 Å². The molecule has 4 nitrogen and oxygen atoms in total. The highest BCUT2D eigenvalue weighted by Crippen LogP contribution is 2.33. The molecule has 1 aromatic rings. The number of amides is 1. The van der Waals surface area contributed by atoms with Gasteiger partial charge >= 0.3 is 0 Å². The topological polar surface area (TPSA) is 49.8 Å². The summed E-state index contributed by atoms with van der Waals surface area (Å²) in [5, 5.41) is 9.66. The number of nitrogens with zero attached hydrogens (tertiary/aromatic N) is 1. The van der Waals surface area contributed by atoms with Crippen LogP contribution in [0.1, 0.15) is 6.42 Å². The van der Waals surface area contributed by atoms with Crippen molar-refractivity contribution in [1.82, 2.24) is 0 Å². The van der Waals surface area contributed by atoms with Crippen molar-refractivity contribution < 1.29 is 14.6 Å². The lowest BCUT2D eigenvalue weighted by Gasteiger charge is -2.16. The zero-order valence-electron chi connectivity index (χ0n) is 9.51. The van der Waals surface area contributed by atoms with E-state index >= 15 is 0 Å². The van der Waals surface area contributed by atoms with Crippen molar-refractivity contribution in [2.24, 2.45) is 5.92 Å². The SMILES string of the molecule is C#CC1CC(=O)N(c2ccc(OC)c(O)c2)C1. The molecule has 17 heavy (non-hydrogen) atoms. The minimum Gasteiger partial charge on any atom is -0.504 e. The van der Waals surface area contributed by atoms with Gasteiger partial charge in [-0.15, -0.1) is 12.3 Å². The molecule has 1 atom stereocenters. The lowest BCUT2D eigenvalue weighted by molar-refractivity contribution is -0.117. The van der Waals surface area contributed by atoms with Crippen LogP contribution >= 0.6 is 0 Å². The summed E-state index contributed by atoms with van der Waals surface area (Å²) in [7, 11) is 1.48. The van der Waals surface area contributed by atoms with Crippen LogP contribution < -0.4 is 9.64 Å². The molecular weight excluding hydrogens is 218 g/mol. The van der Waals surface area contributed by atoms with E-state index in [1.54, 1.807) is 17.0 Å². The minimum absolute atomic E-state index is 0.0157. The number of aromatic hydroxyl groups is 1. The van der Waals surface area contributed by atoms with Crippen LogP contribution in [0.4, 0.5) is 5.69 Å². The lowest BCUT2D eigenvalue weighted by Crippen LogP contribution is -2.24. The molecule has 0 aliphatic carbocycles. The van der Waals surface area contributed by atoms with Gasteiger partial charge in [0.1, 0.15) is 0 Å². The van der Waals surface area contributed by atoms with Gasteiger partial charge in [-0.3, -0.25) is 4.79 Å². The molecule has 1 aromatic carbocycles. The van der Waals surface area contributed by atoms with E-state index in [1.165, 1.54) is 13.2 Å². The number of methoxy groups -OCH3 is 1. The summed E-state index contributed by atoms with van der Waals surface area (Å²) in [5.74, 6) is 2.91. The molecule has 1 unspecified atom stereocenters. The Bertz CT molecular complexity index is 490. The summed E-state index contributed by atoms with van der Waals surface area (Å²) in [6.45, 7) is 0.501. The molecule has 1 N–H and O–H groups in total. The third-order valence-corrected chi connectivity index (χ3v) is 2.83. The number of benzene rings is 1. The molecule has 88 valence electrons. The number of rotatable bonds is 2. The van der Waals surface area contributed by atoms with Crippen molar-refractivity contribution in [2.45, 2.75) is 6.42 Å². The Morgan fingerprint density at radius 1 is 1.59 bits per heavy atom. The number of terminal acetylenes is 1. The number of hydrogen-bond donors (Lipinski definition) is 1. The van der Waals surface area contributed by atoms with Gasteiger partial charge in [0.2, 0.25) is 5.91 Å². The summed E-state index contributed by atoms with van der Waals surface area (Å²) in [6, 6.07) is 4.87. The van der Waals surface area contributed by atoms with Gasteiger partial charge in [-0.05, 0) is 12.1 Å². The number of phenolic OH excluding ortho intramolecular Hbond substituents is 1. The van der Waals surface area contributed by atoms with E-state index in [4.69, 9.17) is 11.2 Å². The van der Waals surface area contributed by atoms with Crippen molar-refractivity contribution >= 4 is 11.6 Å². The van der Waals surface area contributed by atoms with Crippen LogP contribution in [-0.4, -0.2) is 24.7 Å². The molecule has 0 radical (unpaired) electrons. The van der Waals surface area contributed by atoms with Crippen LogP contribution in [0.25, 0.3) is 0 Å². The third-order valence-electron chi connectivity index (χ3n) is 2.83. The van der Waals surface area contributed by atoms with Crippen LogP contribution in [0.5, 0.6) is 11.5 Å². The molecule has 1 saturated heterocycles. The Balaban J connectivity index is 2.27. The standard InChI is InChI=1S/C13H13NO3/c1-3-9-6-13(16)14(8-9)10-4-5-12(17-2)11(15)7-10/h1,4-5,7,9,15H,6,8H2,2H3. The number of carbonyl (C=O) groups is 1. The average molecular weight is 231 g/mol. The average Bonchev–Trinajstić information content (AvgIpc) is 2.70. The summed E-state index contributed by atoms with van der Waals surface area (Å²) in [4.78, 5) is 13.3. The van der Waals surface area contributed by atoms with Gasteiger partial charge in [-0.25, -0.2) is 0 Å². The third kappa shape index (κ3) is 2.04. The van der Waals surface area contributed by atoms with Crippen LogP contribution in [0.15, 0.2) is 18.2 Å². The van der Waals surface area contributed by atoms with Gasteiger partial charge in [-0.2, -0.15) is 0 Å². The summed E-state index contributed by atoms with van der Waals surface area (Å²) in [6.07, 6.45) is 5.68. The summed E-state index contributed by atoms with van der Waals surface area (Å²) < 4.78 is 4.95. The maximum absolute atomic E-state index is 11.7. The van der Waals surface area contributed by atoms with Gasteiger partial charge in [0, 0.05) is 30.6 Å². The second kappa shape index (κ2) is 4.38. The minimum atomic E-state index is -0.0493. The van der Waals surface area contributed by atoms with E-state index in [2.05, 4.69) is 5.92 Å². The number of ether oxygens (including phenoxy) is 1. The molecule has 4 heteroatoms. The predicted octanol–water partition coefficient (Wildman–Crippen LogP) is 1.39. The fourth-order valence-corrected chi connectivity index (χ4v) is 1.92. The summed E-state index contributed by atoms with van der Waals surface area (Å²) in [5.41, 5.74) is 0.644. The molecule has 1 heterocycles. The van der Waals surface area contributed by atoms with Gasteiger partial charge < -0.3 is 14.7 Å². The highest BCUT2D eigenvalue weighted by atomic mass is 16.5. The first-order chi connectivity index (χ1) is 8.15. The Kier molecular flexibility index (Phi) is 2.92. The van der Waals surface area contributed by atoms with E-state index in [9.17, 15) is 9.90 Å². The molecule has 1 amide bonds. The van der Waals surface area contributed by atoms with Gasteiger partial charge in [0.25, 0.3) is 0 Å². The summed E-state index contributed by atoms with van der Waals surface area (Å²) >= 11 is 0. The first-order valence-corrected chi connectivity index (χ1v) is 5.29. The highest BCUT2D eigenvalue weighted by molar-refractivity contribution is 5.96. The van der Waals surface area contributed by atoms with Crippen LogP contribution in [-0.2, 0) is 4.79 Å². The number of hydrogen-bond acceptors (Lipinski definition) is 3. The quantitative estimate of drug-likeness (QED) is 0.782. The van der Waals surface area contributed by atoms with E-state index < -0.39 is 0 Å². The maximum Gasteiger partial charge on any atom is 0.228 e. The molecule has 1 aliphatic heterocycles.